The standard InChI is InChI=1S/C18H17N3O4/c1-11(18(23)24)12-6-8-13(9-7-12)20-17(22)14-10-19-21-15(14)4-3-5-16(21)25-2/h3-11H,1-2H3,(H,20,22)(H,23,24). The minimum Gasteiger partial charge on any atom is -0.481 e. The lowest BCUT2D eigenvalue weighted by Gasteiger charge is -2.09. The van der Waals surface area contributed by atoms with Crippen molar-refractivity contribution in [2.75, 3.05) is 12.4 Å². The Bertz CT molecular complexity index is 931. The van der Waals surface area contributed by atoms with Crippen LogP contribution in [0.4, 0.5) is 5.69 Å². The highest BCUT2D eigenvalue weighted by atomic mass is 16.5. The molecule has 1 unspecified atom stereocenters. The van der Waals surface area contributed by atoms with E-state index < -0.39 is 11.9 Å². The van der Waals surface area contributed by atoms with Crippen molar-refractivity contribution >= 4 is 23.1 Å². The van der Waals surface area contributed by atoms with E-state index >= 15 is 0 Å². The van der Waals surface area contributed by atoms with E-state index in [0.29, 0.717) is 28.2 Å². The third-order valence-electron chi connectivity index (χ3n) is 4.00. The van der Waals surface area contributed by atoms with E-state index in [9.17, 15) is 9.59 Å². The zero-order valence-corrected chi connectivity index (χ0v) is 13.8. The predicted molar refractivity (Wildman–Crippen MR) is 92.2 cm³/mol. The predicted octanol–water partition coefficient (Wildman–Crippen LogP) is 2.78. The Morgan fingerprint density at radius 2 is 1.92 bits per heavy atom. The lowest BCUT2D eigenvalue weighted by atomic mass is 10.0. The normalized spacial score (nSPS) is 11.9. The lowest BCUT2D eigenvalue weighted by Crippen LogP contribution is -2.12. The molecule has 0 aliphatic rings. The summed E-state index contributed by atoms with van der Waals surface area (Å²) in [6.07, 6.45) is 1.48. The van der Waals surface area contributed by atoms with Crippen LogP contribution in [-0.4, -0.2) is 33.7 Å². The second-order valence-electron chi connectivity index (χ2n) is 5.56. The van der Waals surface area contributed by atoms with Gasteiger partial charge in [-0.3, -0.25) is 9.59 Å². The van der Waals surface area contributed by atoms with E-state index in [2.05, 4.69) is 10.4 Å². The number of hydrogen-bond donors (Lipinski definition) is 2. The van der Waals surface area contributed by atoms with Crippen LogP contribution in [0.25, 0.3) is 5.52 Å². The van der Waals surface area contributed by atoms with Crippen LogP contribution >= 0.6 is 0 Å². The second kappa shape index (κ2) is 6.64. The SMILES string of the molecule is COc1cccc2c(C(=O)Nc3ccc(C(C)C(=O)O)cc3)cnn12. The molecule has 2 N–H and O–H groups in total. The van der Waals surface area contributed by atoms with Gasteiger partial charge in [-0.25, -0.2) is 4.52 Å². The molecule has 0 radical (unpaired) electrons. The van der Waals surface area contributed by atoms with Gasteiger partial charge in [0.1, 0.15) is 0 Å². The molecule has 2 aromatic heterocycles. The number of carboxylic acids is 1. The Labute approximate surface area is 143 Å². The number of hydrogen-bond acceptors (Lipinski definition) is 4. The maximum atomic E-state index is 12.5. The molecule has 1 amide bonds. The van der Waals surface area contributed by atoms with Crippen LogP contribution in [-0.2, 0) is 4.79 Å². The number of carbonyl (C=O) groups excluding carboxylic acids is 1. The van der Waals surface area contributed by atoms with E-state index in [4.69, 9.17) is 9.84 Å². The molecule has 1 atom stereocenters. The van der Waals surface area contributed by atoms with Gasteiger partial charge in [-0.1, -0.05) is 18.2 Å². The van der Waals surface area contributed by atoms with Crippen LogP contribution in [0.1, 0.15) is 28.8 Å². The van der Waals surface area contributed by atoms with Crippen LogP contribution in [0.3, 0.4) is 0 Å². The van der Waals surface area contributed by atoms with Crippen molar-refractivity contribution in [2.45, 2.75) is 12.8 Å². The number of carbonyl (C=O) groups is 2. The van der Waals surface area contributed by atoms with Gasteiger partial charge in [-0.2, -0.15) is 5.10 Å². The largest absolute Gasteiger partial charge is 0.481 e. The number of amides is 1. The summed E-state index contributed by atoms with van der Waals surface area (Å²) in [5.41, 5.74) is 2.30. The number of carboxylic acid groups (broad SMARTS) is 1. The number of methoxy groups -OCH3 is 1. The zero-order chi connectivity index (χ0) is 18.0. The topological polar surface area (TPSA) is 92.9 Å². The number of ether oxygens (including phenoxy) is 1. The monoisotopic (exact) mass is 339 g/mol. The fraction of sp³-hybridized carbons (Fsp3) is 0.167. The molecule has 3 rings (SSSR count). The van der Waals surface area contributed by atoms with Gasteiger partial charge < -0.3 is 15.2 Å². The first kappa shape index (κ1) is 16.5. The highest BCUT2D eigenvalue weighted by Gasteiger charge is 2.16. The molecule has 0 aliphatic heterocycles. The summed E-state index contributed by atoms with van der Waals surface area (Å²) in [4.78, 5) is 23.5. The minimum atomic E-state index is -0.892. The van der Waals surface area contributed by atoms with Gasteiger partial charge in [-0.15, -0.1) is 0 Å². The lowest BCUT2D eigenvalue weighted by molar-refractivity contribution is -0.138. The van der Waals surface area contributed by atoms with Crippen LogP contribution in [0.15, 0.2) is 48.7 Å². The van der Waals surface area contributed by atoms with Crippen molar-refractivity contribution in [3.63, 3.8) is 0 Å². The number of fused-ring (bicyclic) bond motifs is 1. The molecule has 2 heterocycles. The maximum Gasteiger partial charge on any atom is 0.310 e. The van der Waals surface area contributed by atoms with Crippen molar-refractivity contribution in [2.24, 2.45) is 0 Å². The number of benzene rings is 1. The average Bonchev–Trinajstić information content (AvgIpc) is 3.06. The number of pyridine rings is 1. The number of aromatic nitrogens is 2. The molecule has 0 bridgehead atoms. The zero-order valence-electron chi connectivity index (χ0n) is 13.8. The first-order valence-electron chi connectivity index (χ1n) is 7.66. The van der Waals surface area contributed by atoms with E-state index in [-0.39, 0.29) is 5.91 Å². The molecule has 0 aliphatic carbocycles. The highest BCUT2D eigenvalue weighted by Crippen LogP contribution is 2.21. The van der Waals surface area contributed by atoms with Crippen molar-refractivity contribution in [3.8, 4) is 5.88 Å². The van der Waals surface area contributed by atoms with Crippen LogP contribution in [0.5, 0.6) is 5.88 Å². The van der Waals surface area contributed by atoms with E-state index in [1.807, 2.05) is 0 Å². The number of nitrogens with zero attached hydrogens (tertiary/aromatic N) is 2. The molecular formula is C18H17N3O4. The van der Waals surface area contributed by atoms with Gasteiger partial charge in [0.05, 0.1) is 30.3 Å². The fourth-order valence-corrected chi connectivity index (χ4v) is 2.51. The van der Waals surface area contributed by atoms with Crippen molar-refractivity contribution in [1.82, 2.24) is 9.61 Å². The summed E-state index contributed by atoms with van der Waals surface area (Å²) in [6.45, 7) is 1.61. The quantitative estimate of drug-likeness (QED) is 0.745. The average molecular weight is 339 g/mol. The Kier molecular flexibility index (Phi) is 4.38. The van der Waals surface area contributed by atoms with E-state index in [1.54, 1.807) is 53.9 Å². The molecular weight excluding hydrogens is 322 g/mol. The van der Waals surface area contributed by atoms with E-state index in [1.165, 1.54) is 13.3 Å². The summed E-state index contributed by atoms with van der Waals surface area (Å²) in [7, 11) is 1.54. The molecule has 1 aromatic carbocycles. The molecule has 0 spiro atoms. The fourth-order valence-electron chi connectivity index (χ4n) is 2.51. The second-order valence-corrected chi connectivity index (χ2v) is 5.56. The minimum absolute atomic E-state index is 0.303. The van der Waals surface area contributed by atoms with Crippen molar-refractivity contribution in [3.05, 3.63) is 59.8 Å². The van der Waals surface area contributed by atoms with Gasteiger partial charge in [0, 0.05) is 11.8 Å². The molecule has 7 heteroatoms. The highest BCUT2D eigenvalue weighted by molar-refractivity contribution is 6.08. The smallest absolute Gasteiger partial charge is 0.310 e. The number of rotatable bonds is 5. The number of aliphatic carboxylic acids is 1. The Morgan fingerprint density at radius 1 is 1.20 bits per heavy atom. The molecule has 7 nitrogen and oxygen atoms in total. The van der Waals surface area contributed by atoms with Gasteiger partial charge in [-0.05, 0) is 30.7 Å². The van der Waals surface area contributed by atoms with Crippen LogP contribution in [0, 0.1) is 0 Å². The van der Waals surface area contributed by atoms with E-state index in [0.717, 1.165) is 0 Å². The first-order chi connectivity index (χ1) is 12.0. The van der Waals surface area contributed by atoms with Gasteiger partial charge in [0.2, 0.25) is 5.88 Å². The third kappa shape index (κ3) is 3.16. The van der Waals surface area contributed by atoms with Crippen molar-refractivity contribution in [1.29, 1.82) is 0 Å². The number of anilines is 1. The molecule has 0 fully saturated rings. The van der Waals surface area contributed by atoms with Gasteiger partial charge in [0.15, 0.2) is 0 Å². The number of nitrogens with one attached hydrogen (secondary N) is 1. The maximum absolute atomic E-state index is 12.5. The Balaban J connectivity index is 1.82. The summed E-state index contributed by atoms with van der Waals surface area (Å²) < 4.78 is 6.76. The summed E-state index contributed by atoms with van der Waals surface area (Å²) >= 11 is 0. The molecule has 128 valence electrons. The molecule has 0 saturated carbocycles. The van der Waals surface area contributed by atoms with Crippen molar-refractivity contribution < 1.29 is 19.4 Å². The summed E-state index contributed by atoms with van der Waals surface area (Å²) in [6, 6.07) is 12.1. The first-order valence-corrected chi connectivity index (χ1v) is 7.66. The van der Waals surface area contributed by atoms with Crippen LogP contribution < -0.4 is 10.1 Å². The molecule has 25 heavy (non-hydrogen) atoms. The van der Waals surface area contributed by atoms with Gasteiger partial charge in [0.25, 0.3) is 5.91 Å². The molecule has 3 aromatic rings. The molecule has 0 saturated heterocycles. The van der Waals surface area contributed by atoms with Crippen LogP contribution in [0.2, 0.25) is 0 Å². The summed E-state index contributed by atoms with van der Waals surface area (Å²) in [5.74, 6) is -1.26. The van der Waals surface area contributed by atoms with Gasteiger partial charge >= 0.3 is 5.97 Å². The third-order valence-corrected chi connectivity index (χ3v) is 4.00. The Hall–Kier alpha value is -3.35. The summed E-state index contributed by atoms with van der Waals surface area (Å²) in [5, 5.41) is 16.0. The Morgan fingerprint density at radius 3 is 2.56 bits per heavy atom.